The van der Waals surface area contributed by atoms with Crippen LogP contribution in [-0.2, 0) is 4.74 Å². The van der Waals surface area contributed by atoms with Crippen molar-refractivity contribution in [3.8, 4) is 0 Å². The molecule has 3 rings (SSSR count). The topological polar surface area (TPSA) is 39.1 Å². The molecule has 2 saturated heterocycles. The Hall–Kier alpha value is -0.870. The van der Waals surface area contributed by atoms with Gasteiger partial charge in [-0.2, -0.15) is 0 Å². The molecule has 0 amide bonds. The lowest BCUT2D eigenvalue weighted by molar-refractivity contribution is 0.186. The molecule has 1 N–H and O–H groups in total. The van der Waals surface area contributed by atoms with Gasteiger partial charge in [-0.3, -0.25) is 0 Å². The number of rotatable bonds is 2. The van der Waals surface area contributed by atoms with E-state index >= 15 is 0 Å². The summed E-state index contributed by atoms with van der Waals surface area (Å²) in [7, 11) is 0. The summed E-state index contributed by atoms with van der Waals surface area (Å²) in [4.78, 5) is 4.28. The molecule has 0 saturated carbocycles. The summed E-state index contributed by atoms with van der Waals surface area (Å²) >= 11 is 0. The van der Waals surface area contributed by atoms with E-state index in [-0.39, 0.29) is 0 Å². The molecule has 2 fully saturated rings. The Kier molecular flexibility index (Phi) is 2.46. The van der Waals surface area contributed by atoms with Crippen molar-refractivity contribution in [1.29, 1.82) is 0 Å². The molecular weight excluding hydrogens is 190 g/mol. The van der Waals surface area contributed by atoms with Crippen molar-refractivity contribution in [3.05, 3.63) is 18.2 Å². The summed E-state index contributed by atoms with van der Waals surface area (Å²) in [6.07, 6.45) is 7.59. The zero-order valence-corrected chi connectivity index (χ0v) is 8.85. The van der Waals surface area contributed by atoms with E-state index in [0.717, 1.165) is 26.2 Å². The van der Waals surface area contributed by atoms with E-state index in [1.54, 1.807) is 0 Å². The summed E-state index contributed by atoms with van der Waals surface area (Å²) in [5.74, 6) is 0. The Morgan fingerprint density at radius 2 is 2.47 bits per heavy atom. The van der Waals surface area contributed by atoms with Crippen LogP contribution in [0.25, 0.3) is 0 Å². The number of ether oxygens (including phenoxy) is 1. The fourth-order valence-corrected chi connectivity index (χ4v) is 2.57. The second-order valence-corrected chi connectivity index (χ2v) is 4.39. The van der Waals surface area contributed by atoms with Crippen LogP contribution < -0.4 is 5.32 Å². The lowest BCUT2D eigenvalue weighted by Crippen LogP contribution is -2.19. The van der Waals surface area contributed by atoms with Crippen molar-refractivity contribution in [1.82, 2.24) is 14.9 Å². The van der Waals surface area contributed by atoms with E-state index in [9.17, 15) is 0 Å². The van der Waals surface area contributed by atoms with E-state index in [0.29, 0.717) is 12.1 Å². The summed E-state index contributed by atoms with van der Waals surface area (Å²) in [6.45, 7) is 2.87. The summed E-state index contributed by atoms with van der Waals surface area (Å²) in [6, 6.07) is 1.01. The fraction of sp³-hybridized carbons (Fsp3) is 0.727. The first-order valence-corrected chi connectivity index (χ1v) is 5.78. The van der Waals surface area contributed by atoms with Gasteiger partial charge in [0.2, 0.25) is 0 Å². The largest absolute Gasteiger partial charge is 0.379 e. The predicted octanol–water partition coefficient (Wildman–Crippen LogP) is 1.27. The van der Waals surface area contributed by atoms with Crippen LogP contribution in [-0.4, -0.2) is 29.3 Å². The number of nitrogens with one attached hydrogen (secondary N) is 1. The lowest BCUT2D eigenvalue weighted by Gasteiger charge is -2.17. The summed E-state index contributed by atoms with van der Waals surface area (Å²) in [5, 5.41) is 3.52. The van der Waals surface area contributed by atoms with Crippen molar-refractivity contribution in [2.24, 2.45) is 0 Å². The smallest absolute Gasteiger partial charge is 0.0952 e. The van der Waals surface area contributed by atoms with E-state index in [1.165, 1.54) is 18.5 Å². The highest BCUT2D eigenvalue weighted by atomic mass is 16.5. The zero-order chi connectivity index (χ0) is 10.1. The minimum Gasteiger partial charge on any atom is -0.379 e. The minimum atomic E-state index is 0.505. The average molecular weight is 207 g/mol. The Labute approximate surface area is 89.6 Å². The standard InChI is InChI=1S/C11H17N3O/c1-2-10(13-4-1)11-6-12-8-14(11)9-3-5-15-7-9/h6,8-10,13H,1-5,7H2/t9?,10-/m0/s1. The van der Waals surface area contributed by atoms with Gasteiger partial charge in [-0.05, 0) is 25.8 Å². The molecule has 4 heteroatoms. The molecule has 0 spiro atoms. The molecule has 0 radical (unpaired) electrons. The average Bonchev–Trinajstić information content (AvgIpc) is 3.01. The monoisotopic (exact) mass is 207 g/mol. The molecule has 1 aromatic rings. The first kappa shape index (κ1) is 9.36. The van der Waals surface area contributed by atoms with E-state index in [1.807, 2.05) is 12.5 Å². The Morgan fingerprint density at radius 1 is 1.47 bits per heavy atom. The normalized spacial score (nSPS) is 31.2. The fourth-order valence-electron chi connectivity index (χ4n) is 2.57. The van der Waals surface area contributed by atoms with Gasteiger partial charge in [-0.15, -0.1) is 0 Å². The van der Waals surface area contributed by atoms with E-state index < -0.39 is 0 Å². The Morgan fingerprint density at radius 3 is 3.20 bits per heavy atom. The molecule has 82 valence electrons. The summed E-state index contributed by atoms with van der Waals surface area (Å²) < 4.78 is 7.73. The highest BCUT2D eigenvalue weighted by molar-refractivity contribution is 5.09. The van der Waals surface area contributed by atoms with Gasteiger partial charge in [-0.25, -0.2) is 4.98 Å². The maximum absolute atomic E-state index is 5.43. The molecule has 0 aromatic carbocycles. The van der Waals surface area contributed by atoms with Crippen LogP contribution >= 0.6 is 0 Å². The van der Waals surface area contributed by atoms with Crippen LogP contribution in [0.3, 0.4) is 0 Å². The molecular formula is C11H17N3O. The van der Waals surface area contributed by atoms with E-state index in [4.69, 9.17) is 4.74 Å². The quantitative estimate of drug-likeness (QED) is 0.793. The van der Waals surface area contributed by atoms with Crippen molar-refractivity contribution < 1.29 is 4.74 Å². The van der Waals surface area contributed by atoms with Crippen LogP contribution in [0.2, 0.25) is 0 Å². The molecule has 0 aliphatic carbocycles. The zero-order valence-electron chi connectivity index (χ0n) is 8.85. The maximum Gasteiger partial charge on any atom is 0.0952 e. The number of nitrogens with zero attached hydrogens (tertiary/aromatic N) is 2. The lowest BCUT2D eigenvalue weighted by atomic mass is 10.1. The SMILES string of the molecule is c1ncn(C2CCOC2)c1[C@@H]1CCCN1. The third-order valence-electron chi connectivity index (χ3n) is 3.41. The van der Waals surface area contributed by atoms with Crippen molar-refractivity contribution in [3.63, 3.8) is 0 Å². The van der Waals surface area contributed by atoms with Crippen LogP contribution in [0.4, 0.5) is 0 Å². The number of hydrogen-bond acceptors (Lipinski definition) is 3. The molecule has 1 aromatic heterocycles. The van der Waals surface area contributed by atoms with Crippen LogP contribution in [0.15, 0.2) is 12.5 Å². The van der Waals surface area contributed by atoms with Crippen LogP contribution in [0.1, 0.15) is 37.0 Å². The molecule has 3 heterocycles. The molecule has 4 nitrogen and oxygen atoms in total. The van der Waals surface area contributed by atoms with Crippen LogP contribution in [0, 0.1) is 0 Å². The van der Waals surface area contributed by atoms with Crippen molar-refractivity contribution in [2.75, 3.05) is 19.8 Å². The third-order valence-corrected chi connectivity index (χ3v) is 3.41. The molecule has 0 bridgehead atoms. The molecule has 2 atom stereocenters. The molecule has 2 aliphatic heterocycles. The molecule has 15 heavy (non-hydrogen) atoms. The second-order valence-electron chi connectivity index (χ2n) is 4.39. The highest BCUT2D eigenvalue weighted by Crippen LogP contribution is 2.27. The van der Waals surface area contributed by atoms with Gasteiger partial charge in [0.1, 0.15) is 0 Å². The minimum absolute atomic E-state index is 0.505. The molecule has 1 unspecified atom stereocenters. The Balaban J connectivity index is 1.84. The highest BCUT2D eigenvalue weighted by Gasteiger charge is 2.25. The van der Waals surface area contributed by atoms with Crippen molar-refractivity contribution >= 4 is 0 Å². The van der Waals surface area contributed by atoms with Crippen molar-refractivity contribution in [2.45, 2.75) is 31.3 Å². The van der Waals surface area contributed by atoms with Gasteiger partial charge in [-0.1, -0.05) is 0 Å². The van der Waals surface area contributed by atoms with Gasteiger partial charge in [0.15, 0.2) is 0 Å². The number of hydrogen-bond donors (Lipinski definition) is 1. The van der Waals surface area contributed by atoms with Gasteiger partial charge in [0, 0.05) is 18.8 Å². The summed E-state index contributed by atoms with van der Waals surface area (Å²) in [5.41, 5.74) is 1.34. The first-order valence-electron chi connectivity index (χ1n) is 5.78. The number of aromatic nitrogens is 2. The molecule has 2 aliphatic rings. The first-order chi connectivity index (χ1) is 7.45. The second kappa shape index (κ2) is 3.94. The van der Waals surface area contributed by atoms with Gasteiger partial charge < -0.3 is 14.6 Å². The van der Waals surface area contributed by atoms with Gasteiger partial charge in [0.05, 0.1) is 24.7 Å². The van der Waals surface area contributed by atoms with E-state index in [2.05, 4.69) is 14.9 Å². The third kappa shape index (κ3) is 1.68. The predicted molar refractivity (Wildman–Crippen MR) is 56.7 cm³/mol. The van der Waals surface area contributed by atoms with Gasteiger partial charge in [0.25, 0.3) is 0 Å². The van der Waals surface area contributed by atoms with Crippen LogP contribution in [0.5, 0.6) is 0 Å². The number of imidazole rings is 1. The Bertz CT molecular complexity index is 294. The van der Waals surface area contributed by atoms with Gasteiger partial charge >= 0.3 is 0 Å². The maximum atomic E-state index is 5.43.